The number of carbonyl (C=O) groups is 2. The van der Waals surface area contributed by atoms with Crippen molar-refractivity contribution in [3.8, 4) is 17.2 Å². The van der Waals surface area contributed by atoms with E-state index in [-0.39, 0.29) is 47.5 Å². The van der Waals surface area contributed by atoms with Gasteiger partial charge in [-0.2, -0.15) is 13.2 Å². The van der Waals surface area contributed by atoms with E-state index in [0.717, 1.165) is 32.0 Å². The molecule has 1 atom stereocenters. The Morgan fingerprint density at radius 3 is 2.56 bits per heavy atom. The van der Waals surface area contributed by atoms with Gasteiger partial charge in [0.25, 0.3) is 5.91 Å². The van der Waals surface area contributed by atoms with Crippen molar-refractivity contribution in [2.45, 2.75) is 38.4 Å². The van der Waals surface area contributed by atoms with Crippen LogP contribution < -0.4 is 15.8 Å². The highest BCUT2D eigenvalue weighted by atomic mass is 19.4. The summed E-state index contributed by atoms with van der Waals surface area (Å²) in [5, 5.41) is 2.97. The van der Waals surface area contributed by atoms with Crippen LogP contribution in [-0.2, 0) is 11.0 Å². The van der Waals surface area contributed by atoms with Gasteiger partial charge in [-0.05, 0) is 44.0 Å². The summed E-state index contributed by atoms with van der Waals surface area (Å²) in [7, 11) is 1.33. The van der Waals surface area contributed by atoms with Gasteiger partial charge in [-0.1, -0.05) is 0 Å². The number of fused-ring (bicyclic) bond motifs is 1. The molecule has 2 amide bonds. The Kier molecular flexibility index (Phi) is 7.16. The molecule has 1 aliphatic heterocycles. The highest BCUT2D eigenvalue weighted by Gasteiger charge is 2.33. The Morgan fingerprint density at radius 1 is 1.19 bits per heavy atom. The first-order valence-corrected chi connectivity index (χ1v) is 11.5. The average molecular weight is 505 g/mol. The summed E-state index contributed by atoms with van der Waals surface area (Å²) in [6, 6.07) is 4.42. The van der Waals surface area contributed by atoms with E-state index in [2.05, 4.69) is 15.3 Å². The van der Waals surface area contributed by atoms with E-state index in [1.807, 2.05) is 0 Å². The van der Waals surface area contributed by atoms with Gasteiger partial charge >= 0.3 is 6.18 Å². The number of nitrogens with zero attached hydrogens (tertiary/aromatic N) is 3. The molecular formula is C24H26F3N5O4. The molecule has 0 bridgehead atoms. The van der Waals surface area contributed by atoms with Crippen molar-refractivity contribution in [3.05, 3.63) is 41.4 Å². The SMILES string of the molecule is COc1ccc(-c2nc(C(=O)NCCC(=O)N3CCCC3)c([C@H](C)N)o2)c2ccc(C(F)(F)F)nc12. The monoisotopic (exact) mass is 505 g/mol. The highest BCUT2D eigenvalue weighted by molar-refractivity contribution is 5.98. The molecule has 192 valence electrons. The molecule has 3 aromatic rings. The van der Waals surface area contributed by atoms with E-state index in [0.29, 0.717) is 10.9 Å². The van der Waals surface area contributed by atoms with E-state index in [1.54, 1.807) is 17.9 Å². The fraction of sp³-hybridized carbons (Fsp3) is 0.417. The third-order valence-corrected chi connectivity index (χ3v) is 5.93. The topological polar surface area (TPSA) is 124 Å². The van der Waals surface area contributed by atoms with Gasteiger partial charge in [0.1, 0.15) is 17.0 Å². The molecule has 0 unspecified atom stereocenters. The number of methoxy groups -OCH3 is 1. The van der Waals surface area contributed by atoms with Gasteiger partial charge in [0.2, 0.25) is 11.8 Å². The highest BCUT2D eigenvalue weighted by Crippen LogP contribution is 2.37. The first-order chi connectivity index (χ1) is 17.1. The van der Waals surface area contributed by atoms with Crippen LogP contribution >= 0.6 is 0 Å². The number of halogens is 3. The number of rotatable bonds is 7. The number of likely N-dealkylation sites (tertiary alicyclic amines) is 1. The zero-order chi connectivity index (χ0) is 26.0. The van der Waals surface area contributed by atoms with Crippen molar-refractivity contribution < 1.29 is 31.9 Å². The van der Waals surface area contributed by atoms with Crippen LogP contribution in [0.5, 0.6) is 5.75 Å². The van der Waals surface area contributed by atoms with Gasteiger partial charge in [-0.25, -0.2) is 9.97 Å². The lowest BCUT2D eigenvalue weighted by Gasteiger charge is -2.15. The van der Waals surface area contributed by atoms with Crippen LogP contribution in [-0.4, -0.2) is 53.4 Å². The first-order valence-electron chi connectivity index (χ1n) is 11.5. The van der Waals surface area contributed by atoms with E-state index < -0.39 is 23.8 Å². The quantitative estimate of drug-likeness (QED) is 0.502. The minimum absolute atomic E-state index is 0.00481. The second kappa shape index (κ2) is 10.1. The largest absolute Gasteiger partial charge is 0.494 e. The Balaban J connectivity index is 1.63. The smallest absolute Gasteiger partial charge is 0.433 e. The molecule has 2 aromatic heterocycles. The minimum atomic E-state index is -4.64. The number of alkyl halides is 3. The Labute approximate surface area is 204 Å². The number of nitrogens with one attached hydrogen (secondary N) is 1. The Bertz CT molecular complexity index is 1280. The van der Waals surface area contributed by atoms with Crippen molar-refractivity contribution in [1.82, 2.24) is 20.2 Å². The molecule has 0 aliphatic carbocycles. The maximum Gasteiger partial charge on any atom is 0.433 e. The van der Waals surface area contributed by atoms with Gasteiger partial charge in [0, 0.05) is 37.0 Å². The summed E-state index contributed by atoms with van der Waals surface area (Å²) in [5.41, 5.74) is 5.15. The molecule has 36 heavy (non-hydrogen) atoms. The van der Waals surface area contributed by atoms with Crippen LogP contribution in [0.1, 0.15) is 54.2 Å². The van der Waals surface area contributed by atoms with Gasteiger partial charge in [-0.15, -0.1) is 0 Å². The second-order valence-electron chi connectivity index (χ2n) is 8.52. The number of carbonyl (C=O) groups excluding carboxylic acids is 2. The molecule has 1 saturated heterocycles. The second-order valence-corrected chi connectivity index (χ2v) is 8.52. The molecule has 1 fully saturated rings. The van der Waals surface area contributed by atoms with Crippen LogP contribution in [0.2, 0.25) is 0 Å². The zero-order valence-corrected chi connectivity index (χ0v) is 19.8. The molecule has 1 aliphatic rings. The van der Waals surface area contributed by atoms with Crippen molar-refractivity contribution in [2.75, 3.05) is 26.7 Å². The van der Waals surface area contributed by atoms with Crippen molar-refractivity contribution in [1.29, 1.82) is 0 Å². The molecular weight excluding hydrogens is 479 g/mol. The molecule has 0 radical (unpaired) electrons. The maximum absolute atomic E-state index is 13.2. The number of hydrogen-bond donors (Lipinski definition) is 2. The van der Waals surface area contributed by atoms with Gasteiger partial charge in [0.15, 0.2) is 11.5 Å². The number of amides is 2. The third-order valence-electron chi connectivity index (χ3n) is 5.93. The van der Waals surface area contributed by atoms with Crippen LogP contribution in [0.25, 0.3) is 22.4 Å². The summed E-state index contributed by atoms with van der Waals surface area (Å²) in [4.78, 5) is 34.9. The Morgan fingerprint density at radius 2 is 1.92 bits per heavy atom. The van der Waals surface area contributed by atoms with E-state index in [9.17, 15) is 22.8 Å². The fourth-order valence-electron chi connectivity index (χ4n) is 4.11. The van der Waals surface area contributed by atoms with E-state index in [4.69, 9.17) is 14.9 Å². The molecule has 4 rings (SSSR count). The molecule has 3 N–H and O–H groups in total. The van der Waals surface area contributed by atoms with Gasteiger partial charge in [0.05, 0.1) is 13.2 Å². The molecule has 0 saturated carbocycles. The number of aromatic nitrogens is 2. The van der Waals surface area contributed by atoms with Crippen LogP contribution in [0.3, 0.4) is 0 Å². The average Bonchev–Trinajstić information content (AvgIpc) is 3.53. The van der Waals surface area contributed by atoms with Crippen molar-refractivity contribution >= 4 is 22.7 Å². The zero-order valence-electron chi connectivity index (χ0n) is 19.8. The number of benzene rings is 1. The predicted octanol–water partition coefficient (Wildman–Crippen LogP) is 3.68. The van der Waals surface area contributed by atoms with Crippen molar-refractivity contribution in [3.63, 3.8) is 0 Å². The molecule has 1 aromatic carbocycles. The van der Waals surface area contributed by atoms with Crippen LogP contribution in [0.15, 0.2) is 28.7 Å². The number of pyridine rings is 1. The van der Waals surface area contributed by atoms with E-state index >= 15 is 0 Å². The number of ether oxygens (including phenoxy) is 1. The molecule has 0 spiro atoms. The summed E-state index contributed by atoms with van der Waals surface area (Å²) in [5.74, 6) is -0.357. The number of hydrogen-bond acceptors (Lipinski definition) is 7. The standard InChI is InChI=1S/C24H26F3N5O4/c1-13(28)21-20(22(34)29-10-9-18(33)32-11-3-4-12-32)31-23(36-21)15-5-7-16(35-2)19-14(15)6-8-17(30-19)24(25,26)27/h5-8,13H,3-4,9-12,28H2,1-2H3,(H,29,34)/t13-/m0/s1. The first kappa shape index (κ1) is 25.4. The molecule has 3 heterocycles. The molecule has 12 heteroatoms. The lowest BCUT2D eigenvalue weighted by molar-refractivity contribution is -0.141. The summed E-state index contributed by atoms with van der Waals surface area (Å²) in [6.07, 6.45) is -2.53. The summed E-state index contributed by atoms with van der Waals surface area (Å²) in [6.45, 7) is 3.18. The number of oxazole rings is 1. The number of nitrogens with two attached hydrogens (primary N) is 1. The third kappa shape index (κ3) is 5.13. The molecule has 9 nitrogen and oxygen atoms in total. The van der Waals surface area contributed by atoms with Crippen LogP contribution in [0, 0.1) is 0 Å². The maximum atomic E-state index is 13.2. The Hall–Kier alpha value is -3.67. The van der Waals surface area contributed by atoms with E-state index in [1.165, 1.54) is 19.2 Å². The van der Waals surface area contributed by atoms with Gasteiger partial charge < -0.3 is 25.1 Å². The normalized spacial score (nSPS) is 14.8. The summed E-state index contributed by atoms with van der Waals surface area (Å²) < 4.78 is 50.7. The van der Waals surface area contributed by atoms with Crippen molar-refractivity contribution in [2.24, 2.45) is 5.73 Å². The lowest BCUT2D eigenvalue weighted by atomic mass is 10.1. The fourth-order valence-corrected chi connectivity index (χ4v) is 4.11. The predicted molar refractivity (Wildman–Crippen MR) is 124 cm³/mol. The minimum Gasteiger partial charge on any atom is -0.494 e. The van der Waals surface area contributed by atoms with Crippen LogP contribution in [0.4, 0.5) is 13.2 Å². The van der Waals surface area contributed by atoms with Gasteiger partial charge in [-0.3, -0.25) is 9.59 Å². The summed E-state index contributed by atoms with van der Waals surface area (Å²) >= 11 is 0. The lowest BCUT2D eigenvalue weighted by Crippen LogP contribution is -2.33.